The number of H-pyrrole nitrogens is 1. The summed E-state index contributed by atoms with van der Waals surface area (Å²) in [5, 5.41) is 13.5. The van der Waals surface area contributed by atoms with Crippen LogP contribution in [0.2, 0.25) is 0 Å². The van der Waals surface area contributed by atoms with Gasteiger partial charge in [0.05, 0.1) is 5.56 Å². The second-order valence-corrected chi connectivity index (χ2v) is 4.83. The highest BCUT2D eigenvalue weighted by Crippen LogP contribution is 2.31. The molecular weight excluding hydrogens is 264 g/mol. The first-order chi connectivity index (χ1) is 8.75. The highest BCUT2D eigenvalue weighted by atomic mass is 35.5. The largest absolute Gasteiger partial charge is 0.478 e. The van der Waals surface area contributed by atoms with Gasteiger partial charge in [0, 0.05) is 17.1 Å². The molecule has 0 radical (unpaired) electrons. The van der Waals surface area contributed by atoms with Crippen LogP contribution in [0.1, 0.15) is 34.7 Å². The molecule has 0 atom stereocenters. The molecule has 1 fully saturated rings. The number of aromatic amines is 1. The Morgan fingerprint density at radius 3 is 2.68 bits per heavy atom. The van der Waals surface area contributed by atoms with Crippen LogP contribution in [0.15, 0.2) is 24.4 Å². The van der Waals surface area contributed by atoms with Crippen LogP contribution in [-0.2, 0) is 0 Å². The van der Waals surface area contributed by atoms with Gasteiger partial charge in [-0.3, -0.25) is 0 Å². The van der Waals surface area contributed by atoms with Crippen molar-refractivity contribution in [2.75, 3.05) is 13.1 Å². The van der Waals surface area contributed by atoms with E-state index in [1.807, 2.05) is 12.3 Å². The van der Waals surface area contributed by atoms with Gasteiger partial charge in [0.25, 0.3) is 0 Å². The Morgan fingerprint density at radius 1 is 1.26 bits per heavy atom. The summed E-state index contributed by atoms with van der Waals surface area (Å²) in [4.78, 5) is 14.3. The molecule has 1 aliphatic heterocycles. The number of nitrogens with one attached hydrogen (secondary N) is 2. The van der Waals surface area contributed by atoms with Crippen molar-refractivity contribution in [1.29, 1.82) is 0 Å². The fourth-order valence-corrected chi connectivity index (χ4v) is 2.75. The number of rotatable bonds is 2. The van der Waals surface area contributed by atoms with Crippen molar-refractivity contribution in [3.63, 3.8) is 0 Å². The minimum absolute atomic E-state index is 0. The number of aromatic carboxylic acids is 1. The lowest BCUT2D eigenvalue weighted by Crippen LogP contribution is -2.26. The van der Waals surface area contributed by atoms with Gasteiger partial charge < -0.3 is 15.4 Å². The second-order valence-electron chi connectivity index (χ2n) is 4.83. The molecule has 1 aromatic carbocycles. The second kappa shape index (κ2) is 5.63. The molecule has 0 spiro atoms. The molecule has 0 saturated carbocycles. The normalized spacial score (nSPS) is 16.2. The van der Waals surface area contributed by atoms with Gasteiger partial charge in [-0.15, -0.1) is 12.4 Å². The predicted molar refractivity (Wildman–Crippen MR) is 77.4 cm³/mol. The molecule has 102 valence electrons. The number of hydrogen-bond acceptors (Lipinski definition) is 2. The van der Waals surface area contributed by atoms with E-state index in [4.69, 9.17) is 5.11 Å². The molecule has 3 rings (SSSR count). The van der Waals surface area contributed by atoms with Gasteiger partial charge in [-0.2, -0.15) is 0 Å². The molecule has 19 heavy (non-hydrogen) atoms. The fraction of sp³-hybridized carbons (Fsp3) is 0.357. The summed E-state index contributed by atoms with van der Waals surface area (Å²) in [6.07, 6.45) is 4.26. The number of carboxylic acid groups (broad SMARTS) is 1. The number of benzene rings is 1. The maximum Gasteiger partial charge on any atom is 0.335 e. The van der Waals surface area contributed by atoms with Gasteiger partial charge in [-0.05, 0) is 55.6 Å². The van der Waals surface area contributed by atoms with Crippen LogP contribution in [-0.4, -0.2) is 29.1 Å². The predicted octanol–water partition coefficient (Wildman–Crippen LogP) is 2.75. The van der Waals surface area contributed by atoms with Crippen LogP contribution >= 0.6 is 12.4 Å². The van der Waals surface area contributed by atoms with E-state index in [0.717, 1.165) is 36.8 Å². The lowest BCUT2D eigenvalue weighted by molar-refractivity contribution is 0.0697. The van der Waals surface area contributed by atoms with E-state index >= 15 is 0 Å². The zero-order valence-electron chi connectivity index (χ0n) is 10.5. The topological polar surface area (TPSA) is 65.1 Å². The van der Waals surface area contributed by atoms with Gasteiger partial charge in [0.15, 0.2) is 0 Å². The van der Waals surface area contributed by atoms with E-state index in [1.54, 1.807) is 12.1 Å². The van der Waals surface area contributed by atoms with Crippen molar-refractivity contribution in [1.82, 2.24) is 10.3 Å². The standard InChI is InChI=1S/C14H16N2O2.ClH/c17-14(18)10-1-2-13-11(7-10)12(8-16-13)9-3-5-15-6-4-9;/h1-2,7-9,15-16H,3-6H2,(H,17,18);1H. The molecule has 2 heterocycles. The molecule has 0 bridgehead atoms. The molecule has 0 unspecified atom stereocenters. The van der Waals surface area contributed by atoms with Crippen molar-refractivity contribution in [2.45, 2.75) is 18.8 Å². The van der Waals surface area contributed by atoms with E-state index in [-0.39, 0.29) is 12.4 Å². The molecule has 1 aliphatic rings. The Bertz CT molecular complexity index is 588. The molecule has 5 heteroatoms. The number of halogens is 1. The van der Waals surface area contributed by atoms with E-state index in [9.17, 15) is 4.79 Å². The van der Waals surface area contributed by atoms with Crippen LogP contribution in [0.5, 0.6) is 0 Å². The third kappa shape index (κ3) is 2.60. The molecule has 0 aliphatic carbocycles. The van der Waals surface area contributed by atoms with Gasteiger partial charge in [-0.1, -0.05) is 0 Å². The van der Waals surface area contributed by atoms with Crippen LogP contribution in [0.3, 0.4) is 0 Å². The summed E-state index contributed by atoms with van der Waals surface area (Å²) in [5.41, 5.74) is 2.64. The van der Waals surface area contributed by atoms with Gasteiger partial charge >= 0.3 is 5.97 Å². The highest BCUT2D eigenvalue weighted by Gasteiger charge is 2.19. The average Bonchev–Trinajstić information content (AvgIpc) is 2.82. The molecule has 1 saturated heterocycles. The Morgan fingerprint density at radius 2 is 2.00 bits per heavy atom. The molecule has 2 aromatic rings. The van der Waals surface area contributed by atoms with Crippen LogP contribution in [0, 0.1) is 0 Å². The monoisotopic (exact) mass is 280 g/mol. The lowest BCUT2D eigenvalue weighted by atomic mass is 9.90. The summed E-state index contributed by atoms with van der Waals surface area (Å²) in [6, 6.07) is 5.28. The summed E-state index contributed by atoms with van der Waals surface area (Å²) in [6.45, 7) is 2.08. The molecule has 3 N–H and O–H groups in total. The number of carboxylic acids is 1. The average molecular weight is 281 g/mol. The minimum Gasteiger partial charge on any atom is -0.478 e. The van der Waals surface area contributed by atoms with Crippen LogP contribution < -0.4 is 5.32 Å². The van der Waals surface area contributed by atoms with Gasteiger partial charge in [-0.25, -0.2) is 4.79 Å². The maximum absolute atomic E-state index is 11.0. The molecule has 0 amide bonds. The number of hydrogen-bond donors (Lipinski definition) is 3. The van der Waals surface area contributed by atoms with E-state index in [2.05, 4.69) is 10.3 Å². The quantitative estimate of drug-likeness (QED) is 0.792. The minimum atomic E-state index is -0.866. The third-order valence-electron chi connectivity index (χ3n) is 3.74. The first-order valence-corrected chi connectivity index (χ1v) is 6.31. The number of piperidine rings is 1. The zero-order chi connectivity index (χ0) is 12.5. The van der Waals surface area contributed by atoms with Crippen molar-refractivity contribution in [3.8, 4) is 0 Å². The van der Waals surface area contributed by atoms with Gasteiger partial charge in [0.1, 0.15) is 0 Å². The lowest BCUT2D eigenvalue weighted by Gasteiger charge is -2.22. The SMILES string of the molecule is Cl.O=C(O)c1ccc2[nH]cc(C3CCNCC3)c2c1. The smallest absolute Gasteiger partial charge is 0.335 e. The summed E-state index contributed by atoms with van der Waals surface area (Å²) >= 11 is 0. The van der Waals surface area contributed by atoms with Crippen molar-refractivity contribution < 1.29 is 9.90 Å². The Hall–Kier alpha value is -1.52. The molecule has 1 aromatic heterocycles. The fourth-order valence-electron chi connectivity index (χ4n) is 2.75. The van der Waals surface area contributed by atoms with Crippen molar-refractivity contribution >= 4 is 29.3 Å². The maximum atomic E-state index is 11.0. The number of carbonyl (C=O) groups is 1. The Kier molecular flexibility index (Phi) is 4.12. The first-order valence-electron chi connectivity index (χ1n) is 6.31. The Balaban J connectivity index is 0.00000133. The highest BCUT2D eigenvalue weighted by molar-refractivity contribution is 5.94. The zero-order valence-corrected chi connectivity index (χ0v) is 11.3. The Labute approximate surface area is 117 Å². The number of fused-ring (bicyclic) bond motifs is 1. The van der Waals surface area contributed by atoms with Crippen LogP contribution in [0.25, 0.3) is 10.9 Å². The third-order valence-corrected chi connectivity index (χ3v) is 3.74. The van der Waals surface area contributed by atoms with Crippen molar-refractivity contribution in [2.24, 2.45) is 0 Å². The van der Waals surface area contributed by atoms with E-state index in [0.29, 0.717) is 11.5 Å². The molecule has 4 nitrogen and oxygen atoms in total. The number of aromatic nitrogens is 1. The van der Waals surface area contributed by atoms with Gasteiger partial charge in [0.2, 0.25) is 0 Å². The van der Waals surface area contributed by atoms with E-state index < -0.39 is 5.97 Å². The summed E-state index contributed by atoms with van der Waals surface area (Å²) < 4.78 is 0. The molecular formula is C14H17ClN2O2. The summed E-state index contributed by atoms with van der Waals surface area (Å²) in [5.74, 6) is -0.335. The van der Waals surface area contributed by atoms with E-state index in [1.165, 1.54) is 5.56 Å². The first kappa shape index (κ1) is 13.9. The summed E-state index contributed by atoms with van der Waals surface area (Å²) in [7, 11) is 0. The van der Waals surface area contributed by atoms with Crippen molar-refractivity contribution in [3.05, 3.63) is 35.5 Å². The van der Waals surface area contributed by atoms with Crippen LogP contribution in [0.4, 0.5) is 0 Å².